The van der Waals surface area contributed by atoms with Gasteiger partial charge in [-0.25, -0.2) is 4.98 Å². The number of nitrogens with zero attached hydrogens (tertiary/aromatic N) is 1. The smallest absolute Gasteiger partial charge is 0.267 e. The number of carbonyl (C=O) groups is 1. The lowest BCUT2D eigenvalue weighted by atomic mass is 10.1. The van der Waals surface area contributed by atoms with E-state index in [1.807, 2.05) is 13.0 Å². The Kier molecular flexibility index (Phi) is 4.26. The van der Waals surface area contributed by atoms with Gasteiger partial charge in [-0.05, 0) is 18.6 Å². The van der Waals surface area contributed by atoms with Crippen LogP contribution in [0, 0.1) is 6.92 Å². The summed E-state index contributed by atoms with van der Waals surface area (Å²) < 4.78 is 10.4. The van der Waals surface area contributed by atoms with Crippen LogP contribution in [-0.2, 0) is 0 Å². The Morgan fingerprint density at radius 2 is 1.88 bits per heavy atom. The van der Waals surface area contributed by atoms with E-state index in [4.69, 9.17) is 15.2 Å². The number of thiophene rings is 1. The summed E-state index contributed by atoms with van der Waals surface area (Å²) in [4.78, 5) is 18.1. The van der Waals surface area contributed by atoms with E-state index in [0.717, 1.165) is 15.8 Å². The third-order valence-corrected chi connectivity index (χ3v) is 4.77. The molecule has 2 aromatic heterocycles. The summed E-state index contributed by atoms with van der Waals surface area (Å²) in [7, 11) is 3.11. The third-order valence-electron chi connectivity index (χ3n) is 3.65. The number of benzene rings is 1. The van der Waals surface area contributed by atoms with Crippen LogP contribution >= 0.6 is 11.3 Å². The summed E-state index contributed by atoms with van der Waals surface area (Å²) in [5.41, 5.74) is 8.18. The molecule has 0 unspecified atom stereocenters. The standard InChI is InChI=1S/C17H17N3O3S/c1-9-4-5-19-17-13(9)14(18)15(24-17)16(21)20-10-6-11(22-2)8-12(7-10)23-3/h4-8H,18H2,1-3H3,(H,20,21). The zero-order chi connectivity index (χ0) is 17.3. The van der Waals surface area contributed by atoms with Gasteiger partial charge in [0.25, 0.3) is 5.91 Å². The number of nitrogens with one attached hydrogen (secondary N) is 1. The molecule has 3 rings (SSSR count). The average Bonchev–Trinajstić information content (AvgIpc) is 2.92. The van der Waals surface area contributed by atoms with Crippen molar-refractivity contribution < 1.29 is 14.3 Å². The fraction of sp³-hybridized carbons (Fsp3) is 0.176. The number of hydrogen-bond donors (Lipinski definition) is 2. The van der Waals surface area contributed by atoms with Gasteiger partial charge in [0, 0.05) is 35.5 Å². The largest absolute Gasteiger partial charge is 0.497 e. The van der Waals surface area contributed by atoms with Gasteiger partial charge in [0.2, 0.25) is 0 Å². The zero-order valence-electron chi connectivity index (χ0n) is 13.5. The van der Waals surface area contributed by atoms with Gasteiger partial charge in [-0.3, -0.25) is 4.79 Å². The van der Waals surface area contributed by atoms with Crippen LogP contribution in [-0.4, -0.2) is 25.1 Å². The lowest BCUT2D eigenvalue weighted by Gasteiger charge is -2.09. The molecule has 0 atom stereocenters. The Labute approximate surface area is 143 Å². The SMILES string of the molecule is COc1cc(NC(=O)c2sc3nccc(C)c3c2N)cc(OC)c1. The molecule has 0 aliphatic carbocycles. The predicted molar refractivity (Wildman–Crippen MR) is 96.3 cm³/mol. The molecule has 1 aromatic carbocycles. The Bertz CT molecular complexity index is 899. The molecule has 0 saturated carbocycles. The second kappa shape index (κ2) is 6.37. The number of aromatic nitrogens is 1. The Morgan fingerprint density at radius 3 is 2.46 bits per heavy atom. The van der Waals surface area contributed by atoms with Crippen molar-refractivity contribution in [3.63, 3.8) is 0 Å². The van der Waals surface area contributed by atoms with Gasteiger partial charge >= 0.3 is 0 Å². The molecule has 0 aliphatic rings. The molecule has 24 heavy (non-hydrogen) atoms. The van der Waals surface area contributed by atoms with Crippen LogP contribution in [0.15, 0.2) is 30.5 Å². The number of nitrogens with two attached hydrogens (primary N) is 1. The highest BCUT2D eigenvalue weighted by Crippen LogP contribution is 2.35. The molecule has 0 bridgehead atoms. The second-order valence-corrected chi connectivity index (χ2v) is 6.21. The monoisotopic (exact) mass is 343 g/mol. The minimum atomic E-state index is -0.287. The first kappa shape index (κ1) is 16.1. The fourth-order valence-corrected chi connectivity index (χ4v) is 3.48. The predicted octanol–water partition coefficient (Wildman–Crippen LogP) is 3.46. The van der Waals surface area contributed by atoms with Crippen molar-refractivity contribution in [3.05, 3.63) is 40.9 Å². The number of pyridine rings is 1. The Hall–Kier alpha value is -2.80. The molecule has 0 saturated heterocycles. The molecule has 7 heteroatoms. The van der Waals surface area contributed by atoms with E-state index in [-0.39, 0.29) is 5.91 Å². The number of carbonyl (C=O) groups excluding carboxylic acids is 1. The number of aryl methyl sites for hydroxylation is 1. The molecule has 124 valence electrons. The molecule has 6 nitrogen and oxygen atoms in total. The first-order chi connectivity index (χ1) is 11.5. The molecule has 1 amide bonds. The minimum absolute atomic E-state index is 0.287. The zero-order valence-corrected chi connectivity index (χ0v) is 14.4. The Balaban J connectivity index is 1.96. The second-order valence-electron chi connectivity index (χ2n) is 5.21. The van der Waals surface area contributed by atoms with Gasteiger partial charge in [-0.2, -0.15) is 0 Å². The highest BCUT2D eigenvalue weighted by molar-refractivity contribution is 7.21. The van der Waals surface area contributed by atoms with Crippen LogP contribution in [0.5, 0.6) is 11.5 Å². The normalized spacial score (nSPS) is 10.6. The van der Waals surface area contributed by atoms with Crippen LogP contribution in [0.25, 0.3) is 10.2 Å². The van der Waals surface area contributed by atoms with Crippen molar-refractivity contribution in [1.82, 2.24) is 4.98 Å². The van der Waals surface area contributed by atoms with Crippen molar-refractivity contribution in [2.24, 2.45) is 0 Å². The van der Waals surface area contributed by atoms with Gasteiger partial charge in [0.05, 0.1) is 19.9 Å². The van der Waals surface area contributed by atoms with E-state index in [1.54, 1.807) is 38.6 Å². The van der Waals surface area contributed by atoms with Crippen molar-refractivity contribution in [2.75, 3.05) is 25.3 Å². The maximum absolute atomic E-state index is 12.6. The molecule has 2 heterocycles. The number of ether oxygens (including phenoxy) is 2. The first-order valence-electron chi connectivity index (χ1n) is 7.21. The number of amides is 1. The highest BCUT2D eigenvalue weighted by Gasteiger charge is 2.19. The molecular formula is C17H17N3O3S. The van der Waals surface area contributed by atoms with E-state index < -0.39 is 0 Å². The molecular weight excluding hydrogens is 326 g/mol. The van der Waals surface area contributed by atoms with Crippen LogP contribution in [0.1, 0.15) is 15.2 Å². The third kappa shape index (κ3) is 2.85. The van der Waals surface area contributed by atoms with Gasteiger partial charge in [0.1, 0.15) is 21.2 Å². The van der Waals surface area contributed by atoms with Crippen LogP contribution in [0.3, 0.4) is 0 Å². The number of nitrogen functional groups attached to an aromatic ring is 1. The minimum Gasteiger partial charge on any atom is -0.497 e. The van der Waals surface area contributed by atoms with E-state index in [1.165, 1.54) is 11.3 Å². The van der Waals surface area contributed by atoms with Crippen molar-refractivity contribution in [3.8, 4) is 11.5 Å². The quantitative estimate of drug-likeness (QED) is 0.757. The van der Waals surface area contributed by atoms with E-state index in [2.05, 4.69) is 10.3 Å². The molecule has 0 fully saturated rings. The molecule has 0 aliphatic heterocycles. The highest BCUT2D eigenvalue weighted by atomic mass is 32.1. The van der Waals surface area contributed by atoms with Crippen molar-refractivity contribution >= 4 is 38.8 Å². The van der Waals surface area contributed by atoms with Crippen molar-refractivity contribution in [1.29, 1.82) is 0 Å². The van der Waals surface area contributed by atoms with Crippen LogP contribution in [0.4, 0.5) is 11.4 Å². The molecule has 0 radical (unpaired) electrons. The van der Waals surface area contributed by atoms with E-state index in [0.29, 0.717) is 27.8 Å². The summed E-state index contributed by atoms with van der Waals surface area (Å²) in [5, 5.41) is 3.66. The summed E-state index contributed by atoms with van der Waals surface area (Å²) in [6.07, 6.45) is 1.71. The lowest BCUT2D eigenvalue weighted by molar-refractivity contribution is 0.103. The molecule has 3 N–H and O–H groups in total. The van der Waals surface area contributed by atoms with Crippen LogP contribution < -0.4 is 20.5 Å². The summed E-state index contributed by atoms with van der Waals surface area (Å²) in [5.74, 6) is 0.892. The van der Waals surface area contributed by atoms with Gasteiger partial charge in [-0.15, -0.1) is 11.3 Å². The summed E-state index contributed by atoms with van der Waals surface area (Å²) in [6, 6.07) is 7.04. The molecule has 0 spiro atoms. The topological polar surface area (TPSA) is 86.5 Å². The number of fused-ring (bicyclic) bond motifs is 1. The van der Waals surface area contributed by atoms with Gasteiger partial charge in [-0.1, -0.05) is 0 Å². The van der Waals surface area contributed by atoms with E-state index >= 15 is 0 Å². The first-order valence-corrected chi connectivity index (χ1v) is 8.03. The number of methoxy groups -OCH3 is 2. The van der Waals surface area contributed by atoms with Crippen molar-refractivity contribution in [2.45, 2.75) is 6.92 Å². The fourth-order valence-electron chi connectivity index (χ4n) is 2.44. The molecule has 3 aromatic rings. The summed E-state index contributed by atoms with van der Waals surface area (Å²) >= 11 is 1.27. The average molecular weight is 343 g/mol. The van der Waals surface area contributed by atoms with Gasteiger partial charge < -0.3 is 20.5 Å². The van der Waals surface area contributed by atoms with Gasteiger partial charge in [0.15, 0.2) is 0 Å². The number of anilines is 2. The lowest BCUT2D eigenvalue weighted by Crippen LogP contribution is -2.12. The maximum atomic E-state index is 12.6. The van der Waals surface area contributed by atoms with E-state index in [9.17, 15) is 4.79 Å². The Morgan fingerprint density at radius 1 is 1.21 bits per heavy atom. The maximum Gasteiger partial charge on any atom is 0.267 e. The van der Waals surface area contributed by atoms with Crippen LogP contribution in [0.2, 0.25) is 0 Å². The number of hydrogen-bond acceptors (Lipinski definition) is 6. The number of rotatable bonds is 4. The summed E-state index contributed by atoms with van der Waals surface area (Å²) in [6.45, 7) is 1.95.